The lowest BCUT2D eigenvalue weighted by Gasteiger charge is -2.25. The second kappa shape index (κ2) is 7.05. The van der Waals surface area contributed by atoms with E-state index in [-0.39, 0.29) is 6.42 Å². The molecule has 0 amide bonds. The molecule has 0 aliphatic heterocycles. The predicted molar refractivity (Wildman–Crippen MR) is 87.3 cm³/mol. The average molecular weight is 296 g/mol. The van der Waals surface area contributed by atoms with Gasteiger partial charge in [-0.25, -0.2) is 0 Å². The molecule has 3 nitrogen and oxygen atoms in total. The topological polar surface area (TPSA) is 57.5 Å². The van der Waals surface area contributed by atoms with Crippen LogP contribution in [0.4, 0.5) is 0 Å². The van der Waals surface area contributed by atoms with Gasteiger partial charge in [-0.05, 0) is 29.2 Å². The second-order valence-corrected chi connectivity index (χ2v) is 5.25. The molecule has 0 aliphatic carbocycles. The van der Waals surface area contributed by atoms with E-state index in [4.69, 9.17) is 0 Å². The summed E-state index contributed by atoms with van der Waals surface area (Å²) < 4.78 is 0. The zero-order valence-corrected chi connectivity index (χ0v) is 12.6. The Morgan fingerprint density at radius 1 is 1.05 bits per heavy atom. The molecule has 3 heteroatoms. The molecule has 0 saturated heterocycles. The summed E-state index contributed by atoms with van der Waals surface area (Å²) in [7, 11) is 0. The van der Waals surface area contributed by atoms with Crippen molar-refractivity contribution in [1.29, 1.82) is 0 Å². The van der Waals surface area contributed by atoms with Gasteiger partial charge in [0, 0.05) is 0 Å². The number of aliphatic hydroxyl groups is 1. The Balaban J connectivity index is 2.49. The molecule has 0 heterocycles. The number of allylic oxidation sites excluding steroid dienone is 1. The summed E-state index contributed by atoms with van der Waals surface area (Å²) in [5, 5.41) is 20.1. The first-order chi connectivity index (χ1) is 10.5. The predicted octanol–water partition coefficient (Wildman–Crippen LogP) is 3.84. The zero-order chi connectivity index (χ0) is 16.0. The Labute approximate surface area is 130 Å². The van der Waals surface area contributed by atoms with Crippen LogP contribution in [0, 0.1) is 0 Å². The third-order valence-electron chi connectivity index (χ3n) is 3.63. The molecule has 0 spiro atoms. The molecule has 0 aromatic heterocycles. The zero-order valence-electron chi connectivity index (χ0n) is 12.6. The third-order valence-corrected chi connectivity index (χ3v) is 3.63. The van der Waals surface area contributed by atoms with Crippen molar-refractivity contribution >= 4 is 11.5 Å². The fourth-order valence-electron chi connectivity index (χ4n) is 2.52. The van der Waals surface area contributed by atoms with Gasteiger partial charge in [0.25, 0.3) is 0 Å². The van der Waals surface area contributed by atoms with Gasteiger partial charge in [0.15, 0.2) is 0 Å². The summed E-state index contributed by atoms with van der Waals surface area (Å²) in [6, 6.07) is 18.6. The van der Waals surface area contributed by atoms with Gasteiger partial charge in [0.1, 0.15) is 5.60 Å². The minimum absolute atomic E-state index is 0.368. The molecule has 22 heavy (non-hydrogen) atoms. The fourth-order valence-corrected chi connectivity index (χ4v) is 2.52. The van der Waals surface area contributed by atoms with Crippen LogP contribution in [-0.2, 0) is 10.4 Å². The summed E-state index contributed by atoms with van der Waals surface area (Å²) >= 11 is 0. The molecule has 2 aromatic carbocycles. The third kappa shape index (κ3) is 3.83. The van der Waals surface area contributed by atoms with Crippen LogP contribution in [0.25, 0.3) is 5.57 Å². The molecule has 0 aliphatic rings. The van der Waals surface area contributed by atoms with Crippen molar-refractivity contribution < 1.29 is 15.0 Å². The SMILES string of the molecule is CC/C(=C\C(O)(CC(=O)O)c1ccccc1)c1ccccc1. The number of carboxylic acids is 1. The Hall–Kier alpha value is -2.39. The summed E-state index contributed by atoms with van der Waals surface area (Å²) in [5.41, 5.74) is 0.978. The summed E-state index contributed by atoms with van der Waals surface area (Å²) in [6.07, 6.45) is 2.01. The Bertz CT molecular complexity index is 647. The number of carbonyl (C=O) groups is 1. The normalized spacial score (nSPS) is 14.4. The molecule has 0 radical (unpaired) electrons. The highest BCUT2D eigenvalue weighted by atomic mass is 16.4. The van der Waals surface area contributed by atoms with Gasteiger partial charge in [-0.1, -0.05) is 67.6 Å². The molecule has 0 bridgehead atoms. The van der Waals surface area contributed by atoms with Gasteiger partial charge >= 0.3 is 5.97 Å². The second-order valence-electron chi connectivity index (χ2n) is 5.25. The highest BCUT2D eigenvalue weighted by molar-refractivity contribution is 5.72. The highest BCUT2D eigenvalue weighted by Gasteiger charge is 2.30. The van der Waals surface area contributed by atoms with Crippen molar-refractivity contribution in [3.63, 3.8) is 0 Å². The van der Waals surface area contributed by atoms with E-state index in [1.165, 1.54) is 0 Å². The van der Waals surface area contributed by atoms with Gasteiger partial charge in [-0.15, -0.1) is 0 Å². The van der Waals surface area contributed by atoms with E-state index >= 15 is 0 Å². The molecule has 0 fully saturated rings. The maximum atomic E-state index is 11.2. The van der Waals surface area contributed by atoms with Crippen molar-refractivity contribution in [2.75, 3.05) is 0 Å². The van der Waals surface area contributed by atoms with E-state index in [1.54, 1.807) is 30.3 Å². The van der Waals surface area contributed by atoms with Crippen LogP contribution in [0.3, 0.4) is 0 Å². The first kappa shape index (κ1) is 16.0. The van der Waals surface area contributed by atoms with Gasteiger partial charge in [0.2, 0.25) is 0 Å². The molecular formula is C19H20O3. The maximum Gasteiger partial charge on any atom is 0.306 e. The molecule has 2 aromatic rings. The summed E-state index contributed by atoms with van der Waals surface area (Å²) in [4.78, 5) is 11.2. The number of hydrogen-bond donors (Lipinski definition) is 2. The van der Waals surface area contributed by atoms with Crippen molar-refractivity contribution in [1.82, 2.24) is 0 Å². The Morgan fingerprint density at radius 2 is 1.59 bits per heavy atom. The summed E-state index contributed by atoms with van der Waals surface area (Å²) in [6.45, 7) is 1.99. The highest BCUT2D eigenvalue weighted by Crippen LogP contribution is 2.31. The van der Waals surface area contributed by atoms with Crippen LogP contribution < -0.4 is 0 Å². The number of carboxylic acid groups (broad SMARTS) is 1. The quantitative estimate of drug-likeness (QED) is 0.851. The van der Waals surface area contributed by atoms with E-state index in [1.807, 2.05) is 43.3 Å². The van der Waals surface area contributed by atoms with Gasteiger partial charge in [0.05, 0.1) is 6.42 Å². The van der Waals surface area contributed by atoms with Crippen LogP contribution in [0.2, 0.25) is 0 Å². The molecular weight excluding hydrogens is 276 g/mol. The number of benzene rings is 2. The molecule has 2 N–H and O–H groups in total. The first-order valence-corrected chi connectivity index (χ1v) is 7.32. The maximum absolute atomic E-state index is 11.2. The van der Waals surface area contributed by atoms with Crippen molar-refractivity contribution in [2.24, 2.45) is 0 Å². The van der Waals surface area contributed by atoms with Crippen LogP contribution in [0.5, 0.6) is 0 Å². The van der Waals surface area contributed by atoms with Gasteiger partial charge in [-0.3, -0.25) is 4.79 Å². The van der Waals surface area contributed by atoms with Crippen molar-refractivity contribution in [3.05, 3.63) is 77.9 Å². The fraction of sp³-hybridized carbons (Fsp3) is 0.211. The molecule has 2 rings (SSSR count). The van der Waals surface area contributed by atoms with Gasteiger partial charge in [-0.2, -0.15) is 0 Å². The lowest BCUT2D eigenvalue weighted by Crippen LogP contribution is -2.27. The van der Waals surface area contributed by atoms with E-state index < -0.39 is 11.6 Å². The standard InChI is InChI=1S/C19H20O3/c1-2-15(16-9-5-3-6-10-16)13-19(22,14-18(20)21)17-11-7-4-8-12-17/h3-13,22H,2,14H2,1H3,(H,20,21)/b15-13+. The lowest BCUT2D eigenvalue weighted by molar-refractivity contribution is -0.141. The van der Waals surface area contributed by atoms with Crippen LogP contribution in [0.15, 0.2) is 66.7 Å². The monoisotopic (exact) mass is 296 g/mol. The minimum atomic E-state index is -1.52. The molecule has 1 unspecified atom stereocenters. The van der Waals surface area contributed by atoms with E-state index in [9.17, 15) is 15.0 Å². The van der Waals surface area contributed by atoms with Crippen LogP contribution in [-0.4, -0.2) is 16.2 Å². The largest absolute Gasteiger partial charge is 0.481 e. The average Bonchev–Trinajstić information content (AvgIpc) is 2.54. The van der Waals surface area contributed by atoms with Crippen LogP contribution in [0.1, 0.15) is 30.9 Å². The first-order valence-electron chi connectivity index (χ1n) is 7.32. The van der Waals surface area contributed by atoms with Crippen molar-refractivity contribution in [2.45, 2.75) is 25.4 Å². The summed E-state index contributed by atoms with van der Waals surface area (Å²) in [5.74, 6) is -1.04. The Kier molecular flexibility index (Phi) is 5.12. The van der Waals surface area contributed by atoms with E-state index in [0.29, 0.717) is 12.0 Å². The van der Waals surface area contributed by atoms with Gasteiger partial charge < -0.3 is 10.2 Å². The van der Waals surface area contributed by atoms with Crippen LogP contribution >= 0.6 is 0 Å². The minimum Gasteiger partial charge on any atom is -0.481 e. The number of aliphatic carboxylic acids is 1. The molecule has 0 saturated carbocycles. The van der Waals surface area contributed by atoms with E-state index in [0.717, 1.165) is 11.1 Å². The van der Waals surface area contributed by atoms with E-state index in [2.05, 4.69) is 0 Å². The smallest absolute Gasteiger partial charge is 0.306 e. The number of rotatable bonds is 6. The Morgan fingerprint density at radius 3 is 2.09 bits per heavy atom. The number of hydrogen-bond acceptors (Lipinski definition) is 2. The molecule has 1 atom stereocenters. The molecule has 114 valence electrons. The van der Waals surface area contributed by atoms with Crippen molar-refractivity contribution in [3.8, 4) is 0 Å². The lowest BCUT2D eigenvalue weighted by atomic mass is 9.86.